The van der Waals surface area contributed by atoms with Crippen molar-refractivity contribution < 1.29 is 0 Å². The highest BCUT2D eigenvalue weighted by Gasteiger charge is 2.23. The van der Waals surface area contributed by atoms with E-state index < -0.39 is 0 Å². The third kappa shape index (κ3) is 4.17. The van der Waals surface area contributed by atoms with Crippen molar-refractivity contribution in [2.24, 2.45) is 0 Å². The maximum Gasteiger partial charge on any atom is 0.0541 e. The summed E-state index contributed by atoms with van der Waals surface area (Å²) in [6.45, 7) is 0. The number of aromatic nitrogens is 2. The molecule has 1 aliphatic carbocycles. The predicted octanol–water partition coefficient (Wildman–Crippen LogP) is 12.8. The van der Waals surface area contributed by atoms with E-state index in [1.165, 1.54) is 99.5 Å². The molecule has 0 fully saturated rings. The molecular weight excluding hydrogens is 617 g/mol. The van der Waals surface area contributed by atoms with Crippen molar-refractivity contribution in [1.29, 1.82) is 0 Å². The van der Waals surface area contributed by atoms with Crippen molar-refractivity contribution in [2.45, 2.75) is 6.42 Å². The minimum absolute atomic E-state index is 0.953. The molecule has 10 aromatic rings. The summed E-state index contributed by atoms with van der Waals surface area (Å²) in [6, 6.07) is 66.9. The quantitative estimate of drug-likeness (QED) is 0.180. The lowest BCUT2D eigenvalue weighted by Gasteiger charge is -2.16. The maximum atomic E-state index is 2.44. The van der Waals surface area contributed by atoms with E-state index in [0.29, 0.717) is 0 Å². The summed E-state index contributed by atoms with van der Waals surface area (Å²) in [5.41, 5.74) is 17.6. The molecule has 1 aliphatic rings. The Balaban J connectivity index is 1.07. The molecule has 0 saturated heterocycles. The van der Waals surface area contributed by atoms with Gasteiger partial charge in [-0.05, 0) is 88.3 Å². The number of hydrogen-bond acceptors (Lipinski definition) is 0. The van der Waals surface area contributed by atoms with Gasteiger partial charge in [0.15, 0.2) is 0 Å². The average molecular weight is 649 g/mol. The fourth-order valence-corrected chi connectivity index (χ4v) is 8.69. The topological polar surface area (TPSA) is 9.86 Å². The van der Waals surface area contributed by atoms with Crippen LogP contribution in [0.15, 0.2) is 182 Å². The van der Waals surface area contributed by atoms with E-state index in [4.69, 9.17) is 0 Å². The minimum Gasteiger partial charge on any atom is -0.309 e. The normalized spacial score (nSPS) is 12.2. The average Bonchev–Trinajstić information content (AvgIpc) is 3.85. The number of rotatable bonds is 4. The molecule has 2 aromatic heterocycles. The zero-order chi connectivity index (χ0) is 33.5. The lowest BCUT2D eigenvalue weighted by molar-refractivity contribution is 1.18. The Morgan fingerprint density at radius 3 is 1.02 bits per heavy atom. The van der Waals surface area contributed by atoms with Crippen LogP contribution < -0.4 is 0 Å². The first-order chi connectivity index (χ1) is 25.3. The van der Waals surface area contributed by atoms with Crippen molar-refractivity contribution in [3.05, 3.63) is 193 Å². The Morgan fingerprint density at radius 2 is 0.627 bits per heavy atom. The molecule has 0 amide bonds. The molecule has 8 aromatic carbocycles. The van der Waals surface area contributed by atoms with Gasteiger partial charge in [-0.3, -0.25) is 0 Å². The molecule has 0 saturated carbocycles. The van der Waals surface area contributed by atoms with Gasteiger partial charge in [0.05, 0.1) is 33.4 Å². The van der Waals surface area contributed by atoms with Crippen molar-refractivity contribution in [2.75, 3.05) is 0 Å². The zero-order valence-corrected chi connectivity index (χ0v) is 27.9. The van der Waals surface area contributed by atoms with E-state index in [1.807, 2.05) is 0 Å². The Kier molecular flexibility index (Phi) is 6.05. The van der Waals surface area contributed by atoms with Crippen LogP contribution in [0, 0.1) is 0 Å². The van der Waals surface area contributed by atoms with Gasteiger partial charge in [0.2, 0.25) is 0 Å². The zero-order valence-electron chi connectivity index (χ0n) is 27.9. The standard InChI is InChI=1S/C49H32N2/c1-7-19-44(50-46-21-9-3-15-38(46)39-16-4-10-22-47(39)50)36(13-1)34-27-25-32-29-33-26-28-35(31-43(33)42(32)30-34)37-14-2-8-20-45(37)51-48-23-11-5-17-40(48)41-18-6-12-24-49(41)51/h1-28,30-31H,29H2. The molecule has 51 heavy (non-hydrogen) atoms. The van der Waals surface area contributed by atoms with Crippen LogP contribution in [0.1, 0.15) is 11.1 Å². The SMILES string of the molecule is c1ccc(-n2c3ccccc3c3ccccc32)c(-c2ccc3c(c2)-c2cc(-c4ccccc4-n4c5ccccc5c5ccccc54)ccc2C3)c1. The van der Waals surface area contributed by atoms with Crippen LogP contribution >= 0.6 is 0 Å². The second-order valence-electron chi connectivity index (χ2n) is 13.7. The number of fused-ring (bicyclic) bond motifs is 9. The molecule has 2 nitrogen and oxygen atoms in total. The van der Waals surface area contributed by atoms with Crippen LogP contribution in [-0.2, 0) is 6.42 Å². The number of para-hydroxylation sites is 6. The van der Waals surface area contributed by atoms with E-state index in [9.17, 15) is 0 Å². The van der Waals surface area contributed by atoms with E-state index in [2.05, 4.69) is 191 Å². The first-order valence-electron chi connectivity index (χ1n) is 17.7. The first kappa shape index (κ1) is 28.2. The smallest absolute Gasteiger partial charge is 0.0541 e. The second kappa shape index (κ2) is 10.9. The third-order valence-corrected chi connectivity index (χ3v) is 11.0. The molecule has 0 unspecified atom stereocenters. The van der Waals surface area contributed by atoms with Gasteiger partial charge in [-0.1, -0.05) is 133 Å². The number of hydrogen-bond donors (Lipinski definition) is 0. The van der Waals surface area contributed by atoms with Gasteiger partial charge < -0.3 is 9.13 Å². The van der Waals surface area contributed by atoms with Crippen LogP contribution in [-0.4, -0.2) is 9.13 Å². The molecule has 0 atom stereocenters. The van der Waals surface area contributed by atoms with Gasteiger partial charge >= 0.3 is 0 Å². The maximum absolute atomic E-state index is 2.44. The highest BCUT2D eigenvalue weighted by Crippen LogP contribution is 2.44. The lowest BCUT2D eigenvalue weighted by Crippen LogP contribution is -1.97. The summed E-state index contributed by atoms with van der Waals surface area (Å²) in [5.74, 6) is 0. The first-order valence-corrected chi connectivity index (χ1v) is 17.7. The second-order valence-corrected chi connectivity index (χ2v) is 13.7. The Morgan fingerprint density at radius 1 is 0.294 bits per heavy atom. The van der Waals surface area contributed by atoms with Crippen LogP contribution in [0.25, 0.3) is 88.4 Å². The van der Waals surface area contributed by atoms with E-state index >= 15 is 0 Å². The van der Waals surface area contributed by atoms with Gasteiger partial charge in [0, 0.05) is 32.7 Å². The summed E-state index contributed by atoms with van der Waals surface area (Å²) < 4.78 is 4.87. The fraction of sp³-hybridized carbons (Fsp3) is 0.0204. The Hall–Kier alpha value is -6.64. The van der Waals surface area contributed by atoms with Gasteiger partial charge in [-0.2, -0.15) is 0 Å². The highest BCUT2D eigenvalue weighted by molar-refractivity contribution is 6.11. The molecule has 0 bridgehead atoms. The summed E-state index contributed by atoms with van der Waals surface area (Å²) in [6.07, 6.45) is 0.953. The molecule has 11 rings (SSSR count). The molecule has 2 heteroatoms. The van der Waals surface area contributed by atoms with Gasteiger partial charge in [0.25, 0.3) is 0 Å². The van der Waals surface area contributed by atoms with Gasteiger partial charge in [-0.25, -0.2) is 0 Å². The third-order valence-electron chi connectivity index (χ3n) is 11.0. The molecule has 0 radical (unpaired) electrons. The predicted molar refractivity (Wildman–Crippen MR) is 214 cm³/mol. The molecule has 0 spiro atoms. The van der Waals surface area contributed by atoms with E-state index in [1.54, 1.807) is 0 Å². The van der Waals surface area contributed by atoms with Gasteiger partial charge in [-0.15, -0.1) is 0 Å². The van der Waals surface area contributed by atoms with Crippen molar-refractivity contribution in [3.8, 4) is 44.8 Å². The summed E-state index contributed by atoms with van der Waals surface area (Å²) in [7, 11) is 0. The Labute approximate surface area is 296 Å². The van der Waals surface area contributed by atoms with Crippen molar-refractivity contribution in [1.82, 2.24) is 9.13 Å². The van der Waals surface area contributed by atoms with E-state index in [-0.39, 0.29) is 0 Å². The highest BCUT2D eigenvalue weighted by atomic mass is 15.0. The summed E-state index contributed by atoms with van der Waals surface area (Å²) in [5, 5.41) is 5.11. The number of benzene rings is 8. The number of nitrogens with zero attached hydrogens (tertiary/aromatic N) is 2. The van der Waals surface area contributed by atoms with Crippen LogP contribution in [0.4, 0.5) is 0 Å². The monoisotopic (exact) mass is 648 g/mol. The Bertz CT molecular complexity index is 2700. The van der Waals surface area contributed by atoms with Crippen molar-refractivity contribution >= 4 is 43.6 Å². The molecule has 2 heterocycles. The van der Waals surface area contributed by atoms with Gasteiger partial charge in [0.1, 0.15) is 0 Å². The fourth-order valence-electron chi connectivity index (χ4n) is 8.69. The molecule has 238 valence electrons. The molecular formula is C49H32N2. The van der Waals surface area contributed by atoms with Crippen LogP contribution in [0.3, 0.4) is 0 Å². The summed E-state index contributed by atoms with van der Waals surface area (Å²) in [4.78, 5) is 0. The van der Waals surface area contributed by atoms with Crippen LogP contribution in [0.5, 0.6) is 0 Å². The lowest BCUT2D eigenvalue weighted by atomic mass is 9.95. The largest absolute Gasteiger partial charge is 0.309 e. The van der Waals surface area contributed by atoms with E-state index in [0.717, 1.165) is 6.42 Å². The summed E-state index contributed by atoms with van der Waals surface area (Å²) >= 11 is 0. The van der Waals surface area contributed by atoms with Crippen LogP contribution in [0.2, 0.25) is 0 Å². The minimum atomic E-state index is 0.953. The molecule has 0 N–H and O–H groups in total. The van der Waals surface area contributed by atoms with Crippen molar-refractivity contribution in [3.63, 3.8) is 0 Å². The molecule has 0 aliphatic heterocycles.